The van der Waals surface area contributed by atoms with Crippen LogP contribution in [0.25, 0.3) is 0 Å². The number of methoxy groups -OCH3 is 2. The van der Waals surface area contributed by atoms with Gasteiger partial charge in [0.05, 0.1) is 14.2 Å². The van der Waals surface area contributed by atoms with Crippen molar-refractivity contribution in [3.8, 4) is 5.75 Å². The summed E-state index contributed by atoms with van der Waals surface area (Å²) in [6.45, 7) is 2.89. The fraction of sp³-hybridized carbons (Fsp3) is 0.464. The van der Waals surface area contributed by atoms with Crippen molar-refractivity contribution in [1.29, 1.82) is 0 Å². The number of halogens is 1. The lowest BCUT2D eigenvalue weighted by Crippen LogP contribution is -2.44. The lowest BCUT2D eigenvalue weighted by molar-refractivity contribution is -0.145. The number of benzene rings is 2. The molecule has 0 aromatic heterocycles. The van der Waals surface area contributed by atoms with Gasteiger partial charge in [0.25, 0.3) is 0 Å². The van der Waals surface area contributed by atoms with Crippen LogP contribution in [0.4, 0.5) is 4.39 Å². The third-order valence-corrected chi connectivity index (χ3v) is 6.72. The van der Waals surface area contributed by atoms with E-state index in [9.17, 15) is 18.8 Å². The maximum absolute atomic E-state index is 13.7. The Kier molecular flexibility index (Phi) is 9.85. The summed E-state index contributed by atoms with van der Waals surface area (Å²) in [5.41, 5.74) is 2.29. The molecule has 7 nitrogen and oxygen atoms in total. The Morgan fingerprint density at radius 3 is 2.33 bits per heavy atom. The number of esters is 1. The molecule has 1 atom stereocenters. The van der Waals surface area contributed by atoms with Crippen LogP contribution in [0.5, 0.6) is 5.75 Å². The van der Waals surface area contributed by atoms with Gasteiger partial charge in [0.1, 0.15) is 17.6 Å². The summed E-state index contributed by atoms with van der Waals surface area (Å²) in [5.74, 6) is -0.0504. The molecule has 1 fully saturated rings. The van der Waals surface area contributed by atoms with E-state index in [1.807, 2.05) is 23.1 Å². The Morgan fingerprint density at radius 1 is 1.06 bits per heavy atom. The first-order valence-electron chi connectivity index (χ1n) is 12.3. The summed E-state index contributed by atoms with van der Waals surface area (Å²) < 4.78 is 23.8. The van der Waals surface area contributed by atoms with Crippen LogP contribution in [-0.2, 0) is 32.0 Å². The number of nitrogens with one attached hydrogen (secondary N) is 1. The number of piperidine rings is 1. The summed E-state index contributed by atoms with van der Waals surface area (Å²) in [6, 6.07) is 11.6. The zero-order valence-electron chi connectivity index (χ0n) is 21.2. The van der Waals surface area contributed by atoms with Gasteiger partial charge < -0.3 is 19.7 Å². The van der Waals surface area contributed by atoms with Crippen molar-refractivity contribution >= 4 is 17.8 Å². The van der Waals surface area contributed by atoms with Gasteiger partial charge in [0, 0.05) is 32.4 Å². The normalized spacial score (nSPS) is 14.7. The van der Waals surface area contributed by atoms with E-state index in [1.54, 1.807) is 32.2 Å². The van der Waals surface area contributed by atoms with Crippen molar-refractivity contribution < 1.29 is 28.2 Å². The molecule has 1 heterocycles. The molecule has 1 N–H and O–H groups in total. The molecule has 0 bridgehead atoms. The fourth-order valence-electron chi connectivity index (χ4n) is 4.44. The highest BCUT2D eigenvalue weighted by Gasteiger charge is 2.27. The van der Waals surface area contributed by atoms with Crippen molar-refractivity contribution in [3.05, 3.63) is 65.0 Å². The van der Waals surface area contributed by atoms with Crippen LogP contribution in [0.2, 0.25) is 0 Å². The summed E-state index contributed by atoms with van der Waals surface area (Å²) in [4.78, 5) is 39.4. The van der Waals surface area contributed by atoms with E-state index >= 15 is 0 Å². The third kappa shape index (κ3) is 7.80. The minimum Gasteiger partial charge on any atom is -0.497 e. The number of hydrogen-bond donors (Lipinski definition) is 1. The second kappa shape index (κ2) is 13.0. The predicted octanol–water partition coefficient (Wildman–Crippen LogP) is 3.60. The molecule has 8 heteroatoms. The molecule has 2 aromatic carbocycles. The molecular formula is C28H35FN2O5. The lowest BCUT2D eigenvalue weighted by atomic mass is 9.92. The second-order valence-electron chi connectivity index (χ2n) is 9.31. The first-order chi connectivity index (χ1) is 17.3. The Hall–Kier alpha value is -3.42. The topological polar surface area (TPSA) is 84.9 Å². The van der Waals surface area contributed by atoms with Gasteiger partial charge in [-0.2, -0.15) is 0 Å². The van der Waals surface area contributed by atoms with Gasteiger partial charge in [-0.15, -0.1) is 0 Å². The van der Waals surface area contributed by atoms with E-state index in [0.717, 1.165) is 24.0 Å². The summed E-state index contributed by atoms with van der Waals surface area (Å²) in [6.07, 6.45) is 2.89. The average molecular weight is 499 g/mol. The average Bonchev–Trinajstić information content (AvgIpc) is 2.89. The van der Waals surface area contributed by atoms with Gasteiger partial charge in [-0.3, -0.25) is 9.59 Å². The van der Waals surface area contributed by atoms with Crippen LogP contribution in [0.15, 0.2) is 42.5 Å². The maximum atomic E-state index is 13.7. The zero-order chi connectivity index (χ0) is 26.1. The molecule has 3 rings (SSSR count). The molecule has 2 aromatic rings. The summed E-state index contributed by atoms with van der Waals surface area (Å²) in [7, 11) is 2.89. The number of carbonyl (C=O) groups is 3. The van der Waals surface area contributed by atoms with Crippen molar-refractivity contribution in [2.45, 2.75) is 51.5 Å². The molecule has 1 aliphatic rings. The number of amides is 2. The van der Waals surface area contributed by atoms with E-state index in [2.05, 4.69) is 5.32 Å². The Bertz CT molecular complexity index is 1050. The van der Waals surface area contributed by atoms with Gasteiger partial charge in [-0.1, -0.05) is 24.3 Å². The molecule has 0 aliphatic carbocycles. The van der Waals surface area contributed by atoms with Gasteiger partial charge in [-0.05, 0) is 67.0 Å². The molecule has 194 valence electrons. The molecule has 1 saturated heterocycles. The van der Waals surface area contributed by atoms with Gasteiger partial charge in [0.15, 0.2) is 0 Å². The quantitative estimate of drug-likeness (QED) is 0.506. The lowest BCUT2D eigenvalue weighted by Gasteiger charge is -2.32. The molecule has 1 aliphatic heterocycles. The second-order valence-corrected chi connectivity index (χ2v) is 9.31. The molecule has 36 heavy (non-hydrogen) atoms. The van der Waals surface area contributed by atoms with Crippen molar-refractivity contribution in [3.63, 3.8) is 0 Å². The van der Waals surface area contributed by atoms with E-state index in [1.165, 1.54) is 13.2 Å². The highest BCUT2D eigenvalue weighted by Crippen LogP contribution is 2.22. The Morgan fingerprint density at radius 2 is 1.72 bits per heavy atom. The Labute approximate surface area is 212 Å². The van der Waals surface area contributed by atoms with Gasteiger partial charge >= 0.3 is 5.97 Å². The smallest absolute Gasteiger partial charge is 0.328 e. The molecule has 0 spiro atoms. The SMILES string of the molecule is COC(=O)[C@H](Cc1ccc(OC)cc1)NC(=O)CC1CCN(C(=O)CCc2ccc(C)c(F)c2)CC1. The first-order valence-corrected chi connectivity index (χ1v) is 12.3. The number of ether oxygens (including phenoxy) is 2. The van der Waals surface area contributed by atoms with Crippen molar-refractivity contribution in [2.24, 2.45) is 5.92 Å². The van der Waals surface area contributed by atoms with E-state index < -0.39 is 12.0 Å². The van der Waals surface area contributed by atoms with Gasteiger partial charge in [0.2, 0.25) is 11.8 Å². The van der Waals surface area contributed by atoms with E-state index in [0.29, 0.717) is 50.1 Å². The molecule has 0 radical (unpaired) electrons. The van der Waals surface area contributed by atoms with E-state index in [4.69, 9.17) is 9.47 Å². The summed E-state index contributed by atoms with van der Waals surface area (Å²) in [5, 5.41) is 2.82. The first kappa shape index (κ1) is 27.2. The van der Waals surface area contributed by atoms with Crippen LogP contribution in [-0.4, -0.2) is 56.0 Å². The van der Waals surface area contributed by atoms with E-state index in [-0.39, 0.29) is 23.5 Å². The maximum Gasteiger partial charge on any atom is 0.328 e. The monoisotopic (exact) mass is 498 g/mol. The zero-order valence-corrected chi connectivity index (χ0v) is 21.2. The molecule has 0 saturated carbocycles. The van der Waals surface area contributed by atoms with Crippen LogP contribution >= 0.6 is 0 Å². The Balaban J connectivity index is 1.44. The largest absolute Gasteiger partial charge is 0.497 e. The van der Waals surface area contributed by atoms with Crippen LogP contribution in [0.1, 0.15) is 42.4 Å². The number of nitrogens with zero attached hydrogens (tertiary/aromatic N) is 1. The summed E-state index contributed by atoms with van der Waals surface area (Å²) >= 11 is 0. The predicted molar refractivity (Wildman–Crippen MR) is 134 cm³/mol. The molecular weight excluding hydrogens is 463 g/mol. The van der Waals surface area contributed by atoms with Crippen LogP contribution in [0.3, 0.4) is 0 Å². The fourth-order valence-corrected chi connectivity index (χ4v) is 4.44. The third-order valence-electron chi connectivity index (χ3n) is 6.72. The number of hydrogen-bond acceptors (Lipinski definition) is 5. The highest BCUT2D eigenvalue weighted by atomic mass is 19.1. The highest BCUT2D eigenvalue weighted by molar-refractivity contribution is 5.84. The molecule has 2 amide bonds. The minimum atomic E-state index is -0.774. The van der Waals surface area contributed by atoms with Crippen molar-refractivity contribution in [2.75, 3.05) is 27.3 Å². The number of rotatable bonds is 10. The van der Waals surface area contributed by atoms with Gasteiger partial charge in [-0.25, -0.2) is 9.18 Å². The van der Waals surface area contributed by atoms with Crippen LogP contribution < -0.4 is 10.1 Å². The number of carbonyl (C=O) groups excluding carboxylic acids is 3. The van der Waals surface area contributed by atoms with Crippen molar-refractivity contribution in [1.82, 2.24) is 10.2 Å². The standard InChI is InChI=1S/C28H35FN2O5/c1-19-4-5-20(16-24(19)29)8-11-27(33)31-14-12-22(13-15-31)18-26(32)30-25(28(34)36-3)17-21-6-9-23(35-2)10-7-21/h4-7,9-10,16,22,25H,8,11-15,17-18H2,1-3H3,(H,30,32)/t25-/m0/s1. The minimum absolute atomic E-state index is 0.0455. The number of likely N-dealkylation sites (tertiary alicyclic amines) is 1. The molecule has 0 unspecified atom stereocenters. The number of aryl methyl sites for hydroxylation is 2. The van der Waals surface area contributed by atoms with Crippen LogP contribution in [0, 0.1) is 18.7 Å².